The summed E-state index contributed by atoms with van der Waals surface area (Å²) < 4.78 is 31.8. The average Bonchev–Trinajstić information content (AvgIpc) is 2.87. The van der Waals surface area contributed by atoms with Gasteiger partial charge in [0.1, 0.15) is 6.61 Å². The molecule has 0 aliphatic heterocycles. The van der Waals surface area contributed by atoms with Gasteiger partial charge in [-0.3, -0.25) is 15.5 Å². The molecule has 106 valence electrons. The summed E-state index contributed by atoms with van der Waals surface area (Å²) in [5, 5.41) is 18.4. The van der Waals surface area contributed by atoms with Crippen LogP contribution in [0.1, 0.15) is 5.01 Å². The van der Waals surface area contributed by atoms with E-state index in [9.17, 15) is 18.9 Å². The first kappa shape index (κ1) is 14.0. The second kappa shape index (κ2) is 5.71. The van der Waals surface area contributed by atoms with Crippen LogP contribution in [0.5, 0.6) is 5.75 Å². The number of nitro benzene ring substituents is 1. The van der Waals surface area contributed by atoms with Gasteiger partial charge in [-0.2, -0.15) is 4.39 Å². The van der Waals surface area contributed by atoms with Crippen LogP contribution < -0.4 is 16.0 Å². The van der Waals surface area contributed by atoms with Crippen LogP contribution in [0.25, 0.3) is 0 Å². The van der Waals surface area contributed by atoms with Crippen molar-refractivity contribution >= 4 is 22.2 Å². The van der Waals surface area contributed by atoms with E-state index in [2.05, 4.69) is 15.6 Å². The minimum Gasteiger partial charge on any atom is -0.483 e. The Hall–Kier alpha value is -2.40. The summed E-state index contributed by atoms with van der Waals surface area (Å²) in [6.07, 6.45) is 0. The monoisotopic (exact) mass is 303 g/mol. The second-order valence-corrected chi connectivity index (χ2v) is 4.49. The molecule has 0 bridgehead atoms. The molecule has 1 heterocycles. The molecule has 0 radical (unpaired) electrons. The van der Waals surface area contributed by atoms with Crippen LogP contribution in [-0.2, 0) is 6.61 Å². The number of nitrogens with two attached hydrogens (primary N) is 1. The van der Waals surface area contributed by atoms with Gasteiger partial charge in [-0.25, -0.2) is 10.2 Å². The van der Waals surface area contributed by atoms with Crippen LogP contribution in [0.15, 0.2) is 12.1 Å². The van der Waals surface area contributed by atoms with E-state index in [-0.39, 0.29) is 6.61 Å². The zero-order valence-corrected chi connectivity index (χ0v) is 10.5. The molecule has 1 aromatic heterocycles. The Labute approximate surface area is 114 Å². The summed E-state index contributed by atoms with van der Waals surface area (Å²) in [6, 6.07) is 1.06. The predicted octanol–water partition coefficient (Wildman–Crippen LogP) is 1.59. The number of hydrazine groups is 1. The third-order valence-electron chi connectivity index (χ3n) is 2.14. The minimum absolute atomic E-state index is 0.173. The number of halogens is 2. The Morgan fingerprint density at radius 3 is 2.75 bits per heavy atom. The minimum atomic E-state index is -1.19. The number of hydrogen-bond donors (Lipinski definition) is 2. The number of hydrogen-bond acceptors (Lipinski definition) is 8. The first-order chi connectivity index (χ1) is 9.51. The SMILES string of the molecule is NNc1nnc(COc2cc(F)c([N+](=O)[O-])cc2F)s1. The van der Waals surface area contributed by atoms with Crippen molar-refractivity contribution in [2.45, 2.75) is 6.61 Å². The number of nitro groups is 1. The smallest absolute Gasteiger partial charge is 0.307 e. The third-order valence-corrected chi connectivity index (χ3v) is 2.97. The number of nitrogens with zero attached hydrogens (tertiary/aromatic N) is 3. The van der Waals surface area contributed by atoms with Crippen molar-refractivity contribution in [2.24, 2.45) is 5.84 Å². The fourth-order valence-corrected chi connectivity index (χ4v) is 1.84. The third kappa shape index (κ3) is 2.95. The van der Waals surface area contributed by atoms with E-state index in [0.717, 1.165) is 11.3 Å². The van der Waals surface area contributed by atoms with E-state index >= 15 is 0 Å². The normalized spacial score (nSPS) is 10.3. The highest BCUT2D eigenvalue weighted by Crippen LogP contribution is 2.27. The number of aromatic nitrogens is 2. The molecule has 8 nitrogen and oxygen atoms in total. The quantitative estimate of drug-likeness (QED) is 0.489. The highest BCUT2D eigenvalue weighted by Gasteiger charge is 2.19. The van der Waals surface area contributed by atoms with Gasteiger partial charge in [-0.1, -0.05) is 11.3 Å². The number of anilines is 1. The van der Waals surface area contributed by atoms with E-state index in [1.54, 1.807) is 0 Å². The van der Waals surface area contributed by atoms with Gasteiger partial charge in [0.2, 0.25) is 10.9 Å². The van der Waals surface area contributed by atoms with E-state index in [0.29, 0.717) is 22.3 Å². The number of nitrogens with one attached hydrogen (secondary N) is 1. The van der Waals surface area contributed by atoms with Gasteiger partial charge in [0, 0.05) is 6.07 Å². The van der Waals surface area contributed by atoms with Gasteiger partial charge < -0.3 is 4.74 Å². The van der Waals surface area contributed by atoms with E-state index in [1.807, 2.05) is 0 Å². The molecule has 0 amide bonds. The van der Waals surface area contributed by atoms with Crippen LogP contribution in [-0.4, -0.2) is 15.1 Å². The molecular formula is C9H7F2N5O3S. The van der Waals surface area contributed by atoms with Crippen LogP contribution in [0.3, 0.4) is 0 Å². The maximum Gasteiger partial charge on any atom is 0.307 e. The molecule has 2 rings (SSSR count). The first-order valence-corrected chi connectivity index (χ1v) is 5.88. The summed E-state index contributed by atoms with van der Waals surface area (Å²) in [6.45, 7) is -0.173. The molecule has 0 atom stereocenters. The molecular weight excluding hydrogens is 296 g/mol. The van der Waals surface area contributed by atoms with Gasteiger partial charge in [0.15, 0.2) is 16.6 Å². The Bertz CT molecular complexity index is 651. The summed E-state index contributed by atoms with van der Waals surface area (Å²) in [5.41, 5.74) is 1.31. The first-order valence-electron chi connectivity index (χ1n) is 5.06. The van der Waals surface area contributed by atoms with E-state index in [4.69, 9.17) is 10.6 Å². The molecule has 20 heavy (non-hydrogen) atoms. The molecule has 1 aromatic carbocycles. The molecule has 0 spiro atoms. The van der Waals surface area contributed by atoms with Crippen molar-refractivity contribution in [1.82, 2.24) is 10.2 Å². The average molecular weight is 303 g/mol. The molecule has 0 aliphatic rings. The number of ether oxygens (including phenoxy) is 1. The zero-order chi connectivity index (χ0) is 14.7. The summed E-state index contributed by atoms with van der Waals surface area (Å²) in [5.74, 6) is 2.42. The second-order valence-electron chi connectivity index (χ2n) is 3.43. The lowest BCUT2D eigenvalue weighted by molar-refractivity contribution is -0.387. The van der Waals surface area contributed by atoms with Crippen LogP contribution in [0.4, 0.5) is 19.6 Å². The number of benzene rings is 1. The highest BCUT2D eigenvalue weighted by atomic mass is 32.1. The zero-order valence-electron chi connectivity index (χ0n) is 9.67. The summed E-state index contributed by atoms with van der Waals surface area (Å²) in [7, 11) is 0. The maximum absolute atomic E-state index is 13.5. The van der Waals surface area contributed by atoms with Crippen LogP contribution in [0.2, 0.25) is 0 Å². The molecule has 3 N–H and O–H groups in total. The molecule has 0 saturated carbocycles. The van der Waals surface area contributed by atoms with Crippen LogP contribution in [0, 0.1) is 21.7 Å². The fourth-order valence-electron chi connectivity index (χ4n) is 1.28. The predicted molar refractivity (Wildman–Crippen MR) is 65.1 cm³/mol. The largest absolute Gasteiger partial charge is 0.483 e. The van der Waals surface area contributed by atoms with Gasteiger partial charge >= 0.3 is 5.69 Å². The Kier molecular flexibility index (Phi) is 4.00. The van der Waals surface area contributed by atoms with Crippen molar-refractivity contribution in [3.63, 3.8) is 0 Å². The van der Waals surface area contributed by atoms with E-state index in [1.165, 1.54) is 0 Å². The number of nitrogen functional groups attached to an aromatic ring is 1. The molecule has 0 unspecified atom stereocenters. The highest BCUT2D eigenvalue weighted by molar-refractivity contribution is 7.15. The van der Waals surface area contributed by atoms with Crippen molar-refractivity contribution < 1.29 is 18.4 Å². The van der Waals surface area contributed by atoms with Crippen LogP contribution >= 0.6 is 11.3 Å². The van der Waals surface area contributed by atoms with Crippen molar-refractivity contribution in [3.8, 4) is 5.75 Å². The standard InChI is InChI=1S/C9H7F2N5O3S/c10-4-2-7(5(11)1-6(4)16(17)18)19-3-8-14-15-9(13-12)20-8/h1-2H,3,12H2,(H,13,15). The Balaban J connectivity index is 2.13. The fraction of sp³-hybridized carbons (Fsp3) is 0.111. The van der Waals surface area contributed by atoms with Crippen molar-refractivity contribution in [1.29, 1.82) is 0 Å². The maximum atomic E-state index is 13.5. The number of rotatable bonds is 5. The van der Waals surface area contributed by atoms with Gasteiger partial charge in [-0.05, 0) is 0 Å². The lowest BCUT2D eigenvalue weighted by atomic mass is 10.3. The molecule has 0 fully saturated rings. The van der Waals surface area contributed by atoms with Gasteiger partial charge in [0.25, 0.3) is 0 Å². The molecule has 11 heteroatoms. The van der Waals surface area contributed by atoms with Crippen molar-refractivity contribution in [2.75, 3.05) is 5.43 Å². The van der Waals surface area contributed by atoms with Gasteiger partial charge in [0.05, 0.1) is 11.0 Å². The van der Waals surface area contributed by atoms with Gasteiger partial charge in [-0.15, -0.1) is 10.2 Å². The molecule has 0 aliphatic carbocycles. The molecule has 0 saturated heterocycles. The molecule has 2 aromatic rings. The lowest BCUT2D eigenvalue weighted by Crippen LogP contribution is -2.05. The summed E-state index contributed by atoms with van der Waals surface area (Å²) in [4.78, 5) is 9.40. The Morgan fingerprint density at radius 2 is 2.15 bits per heavy atom. The Morgan fingerprint density at radius 1 is 1.40 bits per heavy atom. The van der Waals surface area contributed by atoms with E-state index < -0.39 is 28.0 Å². The topological polar surface area (TPSA) is 116 Å². The lowest BCUT2D eigenvalue weighted by Gasteiger charge is -2.05. The van der Waals surface area contributed by atoms with Crippen molar-refractivity contribution in [3.05, 3.63) is 38.9 Å². The summed E-state index contributed by atoms with van der Waals surface area (Å²) >= 11 is 1.06.